The minimum atomic E-state index is -0.0648. The Morgan fingerprint density at radius 1 is 0.897 bits per heavy atom. The molecule has 0 radical (unpaired) electrons. The molecule has 6 heteroatoms. The van der Waals surface area contributed by atoms with Gasteiger partial charge in [-0.1, -0.05) is 24.3 Å². The molecule has 134 valence electrons. The van der Waals surface area contributed by atoms with Gasteiger partial charge in [-0.3, -0.25) is 0 Å². The lowest BCUT2D eigenvalue weighted by molar-refractivity contribution is 0.579. The lowest BCUT2D eigenvalue weighted by atomic mass is 9.96. The third-order valence-corrected chi connectivity index (χ3v) is 5.60. The van der Waals surface area contributed by atoms with Crippen molar-refractivity contribution in [2.75, 3.05) is 0 Å². The van der Waals surface area contributed by atoms with Gasteiger partial charge in [0.2, 0.25) is 0 Å². The molecule has 1 aromatic carbocycles. The van der Waals surface area contributed by atoms with Gasteiger partial charge in [0.25, 0.3) is 0 Å². The predicted octanol–water partition coefficient (Wildman–Crippen LogP) is 5.50. The largest absolute Gasteiger partial charge is 0.460 e. The number of thiophene rings is 1. The van der Waals surface area contributed by atoms with Crippen LogP contribution in [-0.4, -0.2) is 0 Å². The average Bonchev–Trinajstić information content (AvgIpc) is 3.35. The number of nitriles is 4. The summed E-state index contributed by atoms with van der Waals surface area (Å²) in [5.41, 5.74) is 3.32. The number of aryl methyl sites for hydroxylation is 1. The van der Waals surface area contributed by atoms with Crippen molar-refractivity contribution in [2.24, 2.45) is 0 Å². The number of hydrogen-bond donors (Lipinski definition) is 0. The van der Waals surface area contributed by atoms with E-state index in [1.54, 1.807) is 24.3 Å². The zero-order valence-electron chi connectivity index (χ0n) is 15.1. The van der Waals surface area contributed by atoms with Crippen LogP contribution in [0.3, 0.4) is 0 Å². The van der Waals surface area contributed by atoms with E-state index in [2.05, 4.69) is 0 Å². The molecule has 1 aliphatic rings. The molecule has 0 amide bonds. The predicted molar refractivity (Wildman–Crippen MR) is 110 cm³/mol. The zero-order valence-corrected chi connectivity index (χ0v) is 16.0. The highest BCUT2D eigenvalue weighted by Gasteiger charge is 2.32. The number of nitrogens with zero attached hydrogens (tertiary/aromatic N) is 4. The van der Waals surface area contributed by atoms with E-state index in [0.717, 1.165) is 20.9 Å². The number of benzene rings is 1. The van der Waals surface area contributed by atoms with Gasteiger partial charge >= 0.3 is 0 Å². The minimum Gasteiger partial charge on any atom is -0.460 e. The summed E-state index contributed by atoms with van der Waals surface area (Å²) < 4.78 is 6.63. The van der Waals surface area contributed by atoms with Gasteiger partial charge < -0.3 is 4.42 Å². The van der Waals surface area contributed by atoms with Gasteiger partial charge in [-0.15, -0.1) is 11.3 Å². The Labute approximate surface area is 170 Å². The number of furan rings is 1. The van der Waals surface area contributed by atoms with Crippen molar-refractivity contribution in [3.8, 4) is 24.3 Å². The molecular formula is C23H10N4OS. The maximum Gasteiger partial charge on any atom is 0.145 e. The van der Waals surface area contributed by atoms with Crippen molar-refractivity contribution in [3.63, 3.8) is 0 Å². The summed E-state index contributed by atoms with van der Waals surface area (Å²) in [6.07, 6.45) is 1.81. The molecule has 29 heavy (non-hydrogen) atoms. The second-order valence-electron chi connectivity index (χ2n) is 6.29. The first-order chi connectivity index (χ1) is 14.1. The molecule has 4 rings (SSSR count). The first kappa shape index (κ1) is 18.0. The molecule has 0 aliphatic heterocycles. The lowest BCUT2D eigenvalue weighted by Gasteiger charge is -2.04. The topological polar surface area (TPSA) is 108 Å². The van der Waals surface area contributed by atoms with E-state index in [0.29, 0.717) is 27.8 Å². The number of allylic oxidation sites excluding steroid dienone is 5. The van der Waals surface area contributed by atoms with Crippen LogP contribution in [0, 0.1) is 52.2 Å². The van der Waals surface area contributed by atoms with Gasteiger partial charge in [-0.25, -0.2) is 0 Å². The van der Waals surface area contributed by atoms with Gasteiger partial charge in [-0.05, 0) is 41.8 Å². The van der Waals surface area contributed by atoms with Crippen molar-refractivity contribution >= 4 is 38.8 Å². The molecule has 0 saturated heterocycles. The van der Waals surface area contributed by atoms with E-state index in [1.165, 1.54) is 11.3 Å². The normalized spacial score (nSPS) is 12.0. The van der Waals surface area contributed by atoms with Crippen LogP contribution < -0.4 is 0 Å². The highest BCUT2D eigenvalue weighted by molar-refractivity contribution is 7.19. The second-order valence-corrected chi connectivity index (χ2v) is 7.40. The van der Waals surface area contributed by atoms with Crippen molar-refractivity contribution < 1.29 is 4.42 Å². The molecule has 1 aliphatic carbocycles. The molecule has 0 fully saturated rings. The van der Waals surface area contributed by atoms with Crippen molar-refractivity contribution in [2.45, 2.75) is 6.92 Å². The summed E-state index contributed by atoms with van der Waals surface area (Å²) in [5.74, 6) is 0.812. The molecular weight excluding hydrogens is 380 g/mol. The third kappa shape index (κ3) is 2.82. The van der Waals surface area contributed by atoms with Crippen molar-refractivity contribution in [3.05, 3.63) is 74.9 Å². The van der Waals surface area contributed by atoms with E-state index in [4.69, 9.17) is 4.42 Å². The molecule has 0 bridgehead atoms. The summed E-state index contributed by atoms with van der Waals surface area (Å²) in [4.78, 5) is 0.835. The number of rotatable bonds is 1. The average molecular weight is 390 g/mol. The Morgan fingerprint density at radius 3 is 1.93 bits per heavy atom. The Balaban J connectivity index is 2.09. The van der Waals surface area contributed by atoms with Gasteiger partial charge in [0.1, 0.15) is 46.8 Å². The van der Waals surface area contributed by atoms with Gasteiger partial charge in [-0.2, -0.15) is 21.0 Å². The van der Waals surface area contributed by atoms with Crippen molar-refractivity contribution in [1.82, 2.24) is 0 Å². The monoisotopic (exact) mass is 390 g/mol. The number of fused-ring (bicyclic) bond motifs is 2. The summed E-state index contributed by atoms with van der Waals surface area (Å²) in [5, 5.41) is 38.1. The Hall–Kier alpha value is -4.36. The smallest absolute Gasteiger partial charge is 0.145 e. The molecule has 5 nitrogen and oxygen atoms in total. The van der Waals surface area contributed by atoms with E-state index < -0.39 is 0 Å². The van der Waals surface area contributed by atoms with Crippen LogP contribution >= 0.6 is 11.3 Å². The molecule has 0 spiro atoms. The minimum absolute atomic E-state index is 0.0648. The molecule has 2 heterocycles. The van der Waals surface area contributed by atoms with Crippen LogP contribution in [0.2, 0.25) is 0 Å². The molecule has 0 saturated carbocycles. The number of hydrogen-bond acceptors (Lipinski definition) is 6. The van der Waals surface area contributed by atoms with Crippen LogP contribution in [-0.2, 0) is 0 Å². The van der Waals surface area contributed by atoms with Gasteiger partial charge in [0.05, 0.1) is 4.70 Å². The summed E-state index contributed by atoms with van der Waals surface area (Å²) in [6.45, 7) is 1.87. The first-order valence-electron chi connectivity index (χ1n) is 8.52. The lowest BCUT2D eigenvalue weighted by Crippen LogP contribution is -1.89. The third-order valence-electron chi connectivity index (χ3n) is 4.59. The molecule has 0 unspecified atom stereocenters. The van der Waals surface area contributed by atoms with Crippen LogP contribution in [0.5, 0.6) is 0 Å². The fraction of sp³-hybridized carbons (Fsp3) is 0.0435. The van der Waals surface area contributed by atoms with E-state index in [-0.39, 0.29) is 11.1 Å². The summed E-state index contributed by atoms with van der Waals surface area (Å²) in [6, 6.07) is 18.8. The Kier molecular flexibility index (Phi) is 4.34. The van der Waals surface area contributed by atoms with Gasteiger partial charge in [0.15, 0.2) is 0 Å². The van der Waals surface area contributed by atoms with E-state index >= 15 is 0 Å². The Morgan fingerprint density at radius 2 is 1.45 bits per heavy atom. The zero-order chi connectivity index (χ0) is 20.5. The highest BCUT2D eigenvalue weighted by Crippen LogP contribution is 2.49. The van der Waals surface area contributed by atoms with E-state index in [9.17, 15) is 21.0 Å². The Bertz CT molecular complexity index is 1310. The van der Waals surface area contributed by atoms with E-state index in [1.807, 2.05) is 49.4 Å². The van der Waals surface area contributed by atoms with Gasteiger partial charge in [0, 0.05) is 16.0 Å². The van der Waals surface area contributed by atoms with Crippen LogP contribution in [0.15, 0.2) is 57.5 Å². The van der Waals surface area contributed by atoms with Crippen molar-refractivity contribution in [1.29, 1.82) is 21.0 Å². The van der Waals surface area contributed by atoms with Crippen LogP contribution in [0.4, 0.5) is 0 Å². The summed E-state index contributed by atoms with van der Waals surface area (Å²) in [7, 11) is 0. The second kappa shape index (κ2) is 6.99. The maximum absolute atomic E-state index is 9.53. The fourth-order valence-electron chi connectivity index (χ4n) is 3.48. The molecule has 0 N–H and O–H groups in total. The maximum atomic E-state index is 9.53. The quantitative estimate of drug-likeness (QED) is 0.510. The SMILES string of the molecule is Cc1cc2sc(C=C3C(=C(C#N)C#N)c4ccccc4C3=C(C#N)C#N)cc2o1. The molecule has 2 aromatic heterocycles. The highest BCUT2D eigenvalue weighted by atomic mass is 32.1. The molecule has 0 atom stereocenters. The summed E-state index contributed by atoms with van der Waals surface area (Å²) >= 11 is 1.49. The van der Waals surface area contributed by atoms with Crippen LogP contribution in [0.1, 0.15) is 21.8 Å². The standard InChI is InChI=1S/C23H10N4OS/c1-13-6-21-20(28-13)8-16(29-21)7-19-22(14(9-24)10-25)17-4-2-3-5-18(17)23(19)15(11-26)12-27/h2-8H,1H3. The molecule has 3 aromatic rings. The van der Waals surface area contributed by atoms with Crippen LogP contribution in [0.25, 0.3) is 27.5 Å². The fourth-order valence-corrected chi connectivity index (χ4v) is 4.50. The first-order valence-corrected chi connectivity index (χ1v) is 9.34.